The molecule has 1 fully saturated rings. The quantitative estimate of drug-likeness (QED) is 0.903. The van der Waals surface area contributed by atoms with Crippen molar-refractivity contribution in [1.82, 2.24) is 15.2 Å². The SMILES string of the molecule is CCNC1CCN(Cc2ccc(C)nc2)C(C)C1C. The van der Waals surface area contributed by atoms with Gasteiger partial charge in [0.05, 0.1) is 0 Å². The van der Waals surface area contributed by atoms with Crippen molar-refractivity contribution < 1.29 is 0 Å². The molecule has 1 aliphatic rings. The molecule has 1 saturated heterocycles. The summed E-state index contributed by atoms with van der Waals surface area (Å²) in [6.07, 6.45) is 3.27. The van der Waals surface area contributed by atoms with Crippen LogP contribution in [0.15, 0.2) is 18.3 Å². The molecule has 3 unspecified atom stereocenters. The van der Waals surface area contributed by atoms with E-state index in [1.807, 2.05) is 13.1 Å². The molecule has 2 heterocycles. The van der Waals surface area contributed by atoms with Crippen molar-refractivity contribution in [1.29, 1.82) is 0 Å². The third kappa shape index (κ3) is 3.54. The predicted molar refractivity (Wildman–Crippen MR) is 80.1 cm³/mol. The lowest BCUT2D eigenvalue weighted by molar-refractivity contribution is 0.0789. The van der Waals surface area contributed by atoms with Gasteiger partial charge in [-0.1, -0.05) is 19.9 Å². The Morgan fingerprint density at radius 2 is 2.16 bits per heavy atom. The number of pyridine rings is 1. The molecule has 1 aromatic rings. The van der Waals surface area contributed by atoms with Crippen LogP contribution in [-0.4, -0.2) is 35.1 Å². The molecule has 0 amide bonds. The highest BCUT2D eigenvalue weighted by Gasteiger charge is 2.31. The number of nitrogens with zero attached hydrogens (tertiary/aromatic N) is 2. The minimum absolute atomic E-state index is 0.624. The molecule has 1 aromatic heterocycles. The number of hydrogen-bond acceptors (Lipinski definition) is 3. The lowest BCUT2D eigenvalue weighted by atomic mass is 9.86. The van der Waals surface area contributed by atoms with Gasteiger partial charge in [0, 0.05) is 37.1 Å². The van der Waals surface area contributed by atoms with Gasteiger partial charge in [-0.2, -0.15) is 0 Å². The van der Waals surface area contributed by atoms with E-state index in [0.717, 1.165) is 18.8 Å². The van der Waals surface area contributed by atoms with Gasteiger partial charge < -0.3 is 5.32 Å². The second-order valence-corrected chi connectivity index (χ2v) is 5.83. The van der Waals surface area contributed by atoms with E-state index in [1.165, 1.54) is 18.5 Å². The van der Waals surface area contributed by atoms with Crippen LogP contribution in [0.5, 0.6) is 0 Å². The molecule has 3 heteroatoms. The van der Waals surface area contributed by atoms with Gasteiger partial charge in [-0.15, -0.1) is 0 Å². The first-order valence-corrected chi connectivity index (χ1v) is 7.50. The average Bonchev–Trinajstić information content (AvgIpc) is 2.41. The van der Waals surface area contributed by atoms with Crippen molar-refractivity contribution in [3.63, 3.8) is 0 Å². The molecular weight excluding hydrogens is 234 g/mol. The minimum Gasteiger partial charge on any atom is -0.314 e. The van der Waals surface area contributed by atoms with Crippen molar-refractivity contribution >= 4 is 0 Å². The zero-order valence-electron chi connectivity index (χ0n) is 12.7. The van der Waals surface area contributed by atoms with Gasteiger partial charge in [-0.25, -0.2) is 0 Å². The number of aryl methyl sites for hydroxylation is 1. The molecule has 3 atom stereocenters. The van der Waals surface area contributed by atoms with Gasteiger partial charge in [0.25, 0.3) is 0 Å². The summed E-state index contributed by atoms with van der Waals surface area (Å²) in [4.78, 5) is 6.98. The summed E-state index contributed by atoms with van der Waals surface area (Å²) in [5.74, 6) is 0.701. The Balaban J connectivity index is 1.97. The Morgan fingerprint density at radius 3 is 2.79 bits per heavy atom. The molecule has 106 valence electrons. The third-order valence-electron chi connectivity index (χ3n) is 4.52. The summed E-state index contributed by atoms with van der Waals surface area (Å²) in [7, 11) is 0. The van der Waals surface area contributed by atoms with Crippen LogP contribution >= 0.6 is 0 Å². The Morgan fingerprint density at radius 1 is 1.37 bits per heavy atom. The number of likely N-dealkylation sites (tertiary alicyclic amines) is 1. The summed E-state index contributed by atoms with van der Waals surface area (Å²) >= 11 is 0. The molecule has 3 nitrogen and oxygen atoms in total. The number of nitrogens with one attached hydrogen (secondary N) is 1. The molecule has 1 N–H and O–H groups in total. The maximum atomic E-state index is 4.39. The van der Waals surface area contributed by atoms with Gasteiger partial charge in [-0.3, -0.25) is 9.88 Å². The maximum Gasteiger partial charge on any atom is 0.0372 e. The van der Waals surface area contributed by atoms with Crippen molar-refractivity contribution in [2.45, 2.75) is 52.7 Å². The van der Waals surface area contributed by atoms with E-state index in [1.54, 1.807) is 0 Å². The van der Waals surface area contributed by atoms with E-state index in [9.17, 15) is 0 Å². The number of hydrogen-bond donors (Lipinski definition) is 1. The summed E-state index contributed by atoms with van der Waals surface area (Å²) in [6, 6.07) is 5.61. The standard InChI is InChI=1S/C16H27N3/c1-5-17-16-8-9-19(14(4)13(16)3)11-15-7-6-12(2)18-10-15/h6-7,10,13-14,16-17H,5,8-9,11H2,1-4H3. The summed E-state index contributed by atoms with van der Waals surface area (Å²) in [5.41, 5.74) is 2.42. The monoisotopic (exact) mass is 261 g/mol. The lowest BCUT2D eigenvalue weighted by Gasteiger charge is -2.43. The van der Waals surface area contributed by atoms with Crippen molar-refractivity contribution in [2.75, 3.05) is 13.1 Å². The highest BCUT2D eigenvalue weighted by atomic mass is 15.2. The summed E-state index contributed by atoms with van der Waals surface area (Å²) < 4.78 is 0. The summed E-state index contributed by atoms with van der Waals surface area (Å²) in [6.45, 7) is 12.2. The Labute approximate surface area is 117 Å². The van der Waals surface area contributed by atoms with Crippen LogP contribution in [0, 0.1) is 12.8 Å². The van der Waals surface area contributed by atoms with E-state index in [0.29, 0.717) is 18.0 Å². The van der Waals surface area contributed by atoms with Crippen LogP contribution in [0.3, 0.4) is 0 Å². The van der Waals surface area contributed by atoms with Gasteiger partial charge in [-0.05, 0) is 44.4 Å². The molecule has 0 aliphatic carbocycles. The number of aromatic nitrogens is 1. The Bertz CT molecular complexity index is 387. The first kappa shape index (κ1) is 14.5. The maximum absolute atomic E-state index is 4.39. The molecule has 0 bridgehead atoms. The second kappa shape index (κ2) is 6.49. The van der Waals surface area contributed by atoms with Gasteiger partial charge in [0.1, 0.15) is 0 Å². The zero-order chi connectivity index (χ0) is 13.8. The third-order valence-corrected chi connectivity index (χ3v) is 4.52. The normalized spacial score (nSPS) is 28.5. The van der Waals surface area contributed by atoms with Crippen molar-refractivity contribution in [2.24, 2.45) is 5.92 Å². The fourth-order valence-electron chi connectivity index (χ4n) is 3.04. The van der Waals surface area contributed by atoms with Crippen LogP contribution in [-0.2, 0) is 6.54 Å². The first-order valence-electron chi connectivity index (χ1n) is 7.50. The molecule has 1 aliphatic heterocycles. The topological polar surface area (TPSA) is 28.2 Å². The molecule has 0 radical (unpaired) electrons. The van der Waals surface area contributed by atoms with E-state index in [4.69, 9.17) is 0 Å². The molecule has 19 heavy (non-hydrogen) atoms. The zero-order valence-corrected chi connectivity index (χ0v) is 12.7. The molecule has 2 rings (SSSR count). The average molecular weight is 261 g/mol. The van der Waals surface area contributed by atoms with Gasteiger partial charge in [0.2, 0.25) is 0 Å². The van der Waals surface area contributed by atoms with E-state index < -0.39 is 0 Å². The molecule has 0 spiro atoms. The van der Waals surface area contributed by atoms with Crippen LogP contribution in [0.2, 0.25) is 0 Å². The molecule has 0 aromatic carbocycles. The minimum atomic E-state index is 0.624. The number of piperidine rings is 1. The Hall–Kier alpha value is -0.930. The predicted octanol–water partition coefficient (Wildman–Crippen LogP) is 2.60. The highest BCUT2D eigenvalue weighted by Crippen LogP contribution is 2.25. The fourth-order valence-corrected chi connectivity index (χ4v) is 3.04. The smallest absolute Gasteiger partial charge is 0.0372 e. The van der Waals surface area contributed by atoms with Crippen LogP contribution in [0.4, 0.5) is 0 Å². The first-order chi connectivity index (χ1) is 9.11. The Kier molecular flexibility index (Phi) is 4.94. The van der Waals surface area contributed by atoms with Gasteiger partial charge >= 0.3 is 0 Å². The number of rotatable bonds is 4. The summed E-state index contributed by atoms with van der Waals surface area (Å²) in [5, 5.41) is 3.62. The van der Waals surface area contributed by atoms with Gasteiger partial charge in [0.15, 0.2) is 0 Å². The van der Waals surface area contributed by atoms with E-state index in [2.05, 4.69) is 48.1 Å². The van der Waals surface area contributed by atoms with E-state index >= 15 is 0 Å². The molecule has 0 saturated carbocycles. The fraction of sp³-hybridized carbons (Fsp3) is 0.688. The van der Waals surface area contributed by atoms with E-state index in [-0.39, 0.29) is 0 Å². The largest absolute Gasteiger partial charge is 0.314 e. The second-order valence-electron chi connectivity index (χ2n) is 5.83. The molecular formula is C16H27N3. The van der Waals surface area contributed by atoms with Crippen molar-refractivity contribution in [3.05, 3.63) is 29.6 Å². The van der Waals surface area contributed by atoms with Crippen LogP contribution < -0.4 is 5.32 Å². The van der Waals surface area contributed by atoms with Crippen LogP contribution in [0.1, 0.15) is 38.4 Å². The lowest BCUT2D eigenvalue weighted by Crippen LogP contribution is -2.52. The highest BCUT2D eigenvalue weighted by molar-refractivity contribution is 5.13. The van der Waals surface area contributed by atoms with Crippen molar-refractivity contribution in [3.8, 4) is 0 Å². The van der Waals surface area contributed by atoms with Crippen LogP contribution in [0.25, 0.3) is 0 Å².